The summed E-state index contributed by atoms with van der Waals surface area (Å²) < 4.78 is 31.6. The van der Waals surface area contributed by atoms with Crippen LogP contribution in [0.1, 0.15) is 29.8 Å². The van der Waals surface area contributed by atoms with Crippen molar-refractivity contribution in [2.24, 2.45) is 0 Å². The quantitative estimate of drug-likeness (QED) is 0.559. The Bertz CT molecular complexity index is 976. The van der Waals surface area contributed by atoms with Gasteiger partial charge in [0.15, 0.2) is 6.61 Å². The molecule has 7 nitrogen and oxygen atoms in total. The Labute approximate surface area is 182 Å². The van der Waals surface area contributed by atoms with E-state index in [9.17, 15) is 18.0 Å². The molecule has 2 aromatic rings. The largest absolute Gasteiger partial charge is 0.452 e. The molecule has 30 heavy (non-hydrogen) atoms. The smallest absolute Gasteiger partial charge is 0.340 e. The van der Waals surface area contributed by atoms with Gasteiger partial charge in [0.1, 0.15) is 0 Å². The fraction of sp³-hybridized carbons (Fsp3) is 0.333. The van der Waals surface area contributed by atoms with Crippen LogP contribution in [0.2, 0.25) is 5.02 Å². The molecular weight excluding hydrogens is 428 g/mol. The van der Waals surface area contributed by atoms with E-state index in [1.165, 1.54) is 22.5 Å². The third-order valence-corrected chi connectivity index (χ3v) is 6.79. The Hall–Kier alpha value is -2.42. The van der Waals surface area contributed by atoms with E-state index in [1.807, 2.05) is 30.3 Å². The first kappa shape index (κ1) is 23.9. The minimum Gasteiger partial charge on any atom is -0.452 e. The van der Waals surface area contributed by atoms with Gasteiger partial charge in [-0.05, 0) is 30.2 Å². The average molecular weight is 453 g/mol. The van der Waals surface area contributed by atoms with Crippen molar-refractivity contribution in [1.82, 2.24) is 9.62 Å². The maximum absolute atomic E-state index is 12.6. The van der Waals surface area contributed by atoms with Gasteiger partial charge in [0.25, 0.3) is 5.91 Å². The number of ether oxygens (including phenoxy) is 1. The van der Waals surface area contributed by atoms with Gasteiger partial charge in [-0.1, -0.05) is 55.8 Å². The molecule has 0 unspecified atom stereocenters. The van der Waals surface area contributed by atoms with Gasteiger partial charge in [-0.15, -0.1) is 0 Å². The number of hydrogen-bond acceptors (Lipinski definition) is 5. The van der Waals surface area contributed by atoms with E-state index < -0.39 is 28.5 Å². The summed E-state index contributed by atoms with van der Waals surface area (Å²) in [7, 11) is -3.76. The second-order valence-electron chi connectivity index (χ2n) is 6.39. The second-order valence-corrected chi connectivity index (χ2v) is 8.74. The van der Waals surface area contributed by atoms with E-state index in [4.69, 9.17) is 16.3 Å². The van der Waals surface area contributed by atoms with Gasteiger partial charge in [-0.25, -0.2) is 13.2 Å². The molecule has 0 aromatic heterocycles. The maximum atomic E-state index is 12.6. The van der Waals surface area contributed by atoms with Crippen molar-refractivity contribution in [2.45, 2.75) is 25.2 Å². The molecule has 0 saturated carbocycles. The molecule has 0 aliphatic carbocycles. The lowest BCUT2D eigenvalue weighted by Gasteiger charge is -2.19. The predicted octanol–water partition coefficient (Wildman–Crippen LogP) is 2.89. The Morgan fingerprint density at radius 3 is 2.37 bits per heavy atom. The number of amides is 1. The summed E-state index contributed by atoms with van der Waals surface area (Å²) in [5, 5.41) is 2.71. The Balaban J connectivity index is 1.97. The summed E-state index contributed by atoms with van der Waals surface area (Å²) in [5.74, 6) is -1.32. The number of carbonyl (C=O) groups is 2. The second kappa shape index (κ2) is 11.1. The van der Waals surface area contributed by atoms with E-state index in [2.05, 4.69) is 5.32 Å². The zero-order valence-electron chi connectivity index (χ0n) is 16.9. The first-order valence-electron chi connectivity index (χ1n) is 9.57. The van der Waals surface area contributed by atoms with E-state index in [1.54, 1.807) is 13.8 Å². The molecule has 0 aliphatic heterocycles. The number of benzene rings is 2. The van der Waals surface area contributed by atoms with E-state index in [-0.39, 0.29) is 15.5 Å². The highest BCUT2D eigenvalue weighted by Crippen LogP contribution is 2.23. The molecule has 9 heteroatoms. The molecule has 1 amide bonds. The molecule has 0 heterocycles. The molecule has 0 fully saturated rings. The lowest BCUT2D eigenvalue weighted by atomic mass is 10.1. The average Bonchev–Trinajstić information content (AvgIpc) is 2.73. The topological polar surface area (TPSA) is 92.8 Å². The number of halogens is 1. The van der Waals surface area contributed by atoms with Crippen LogP contribution >= 0.6 is 11.6 Å². The summed E-state index contributed by atoms with van der Waals surface area (Å²) in [6, 6.07) is 13.5. The minimum atomic E-state index is -3.76. The Morgan fingerprint density at radius 1 is 1.07 bits per heavy atom. The highest BCUT2D eigenvalue weighted by molar-refractivity contribution is 7.89. The van der Waals surface area contributed by atoms with Gasteiger partial charge in [0, 0.05) is 19.6 Å². The molecule has 2 rings (SSSR count). The third-order valence-electron chi connectivity index (χ3n) is 4.41. The molecular formula is C21H25ClN2O5S. The van der Waals surface area contributed by atoms with Crippen molar-refractivity contribution in [1.29, 1.82) is 0 Å². The fourth-order valence-electron chi connectivity index (χ4n) is 2.78. The molecule has 0 radical (unpaired) electrons. The molecule has 0 bridgehead atoms. The zero-order chi connectivity index (χ0) is 22.1. The molecule has 0 spiro atoms. The maximum Gasteiger partial charge on any atom is 0.340 e. The van der Waals surface area contributed by atoms with Crippen molar-refractivity contribution < 1.29 is 22.7 Å². The van der Waals surface area contributed by atoms with Crippen LogP contribution in [-0.4, -0.2) is 50.8 Å². The molecule has 0 aliphatic rings. The lowest BCUT2D eigenvalue weighted by Crippen LogP contribution is -2.31. The van der Waals surface area contributed by atoms with Crippen LogP contribution in [0.3, 0.4) is 0 Å². The summed E-state index contributed by atoms with van der Waals surface area (Å²) in [5.41, 5.74) is 0.967. The van der Waals surface area contributed by atoms with Crippen molar-refractivity contribution >= 4 is 33.5 Å². The molecule has 162 valence electrons. The third kappa shape index (κ3) is 6.29. The van der Waals surface area contributed by atoms with Crippen molar-refractivity contribution in [2.75, 3.05) is 26.2 Å². The Kier molecular flexibility index (Phi) is 8.83. The van der Waals surface area contributed by atoms with Crippen LogP contribution in [0.25, 0.3) is 0 Å². The Morgan fingerprint density at radius 2 is 1.73 bits per heavy atom. The van der Waals surface area contributed by atoms with Crippen molar-refractivity contribution in [3.05, 3.63) is 64.7 Å². The predicted molar refractivity (Wildman–Crippen MR) is 115 cm³/mol. The zero-order valence-corrected chi connectivity index (χ0v) is 18.5. The summed E-state index contributed by atoms with van der Waals surface area (Å²) in [6.45, 7) is 3.95. The minimum absolute atomic E-state index is 0.0444. The van der Waals surface area contributed by atoms with E-state index >= 15 is 0 Å². The first-order chi connectivity index (χ1) is 14.3. The van der Waals surface area contributed by atoms with Gasteiger partial charge in [0.05, 0.1) is 15.5 Å². The first-order valence-corrected chi connectivity index (χ1v) is 11.4. The highest BCUT2D eigenvalue weighted by atomic mass is 35.5. The monoisotopic (exact) mass is 452 g/mol. The lowest BCUT2D eigenvalue weighted by molar-refractivity contribution is -0.124. The van der Waals surface area contributed by atoms with Gasteiger partial charge in [-0.3, -0.25) is 4.79 Å². The van der Waals surface area contributed by atoms with Crippen LogP contribution in [-0.2, 0) is 26.0 Å². The number of hydrogen-bond donors (Lipinski definition) is 1. The molecule has 0 atom stereocenters. The summed E-state index contributed by atoms with van der Waals surface area (Å²) in [4.78, 5) is 24.2. The van der Waals surface area contributed by atoms with Crippen LogP contribution in [0, 0.1) is 0 Å². The van der Waals surface area contributed by atoms with Gasteiger partial charge < -0.3 is 10.1 Å². The number of sulfonamides is 1. The van der Waals surface area contributed by atoms with Crippen LogP contribution in [0.4, 0.5) is 0 Å². The van der Waals surface area contributed by atoms with E-state index in [0.717, 1.165) is 5.56 Å². The fourth-order valence-corrected chi connectivity index (χ4v) is 4.46. The van der Waals surface area contributed by atoms with Crippen LogP contribution < -0.4 is 5.32 Å². The van der Waals surface area contributed by atoms with Gasteiger partial charge in [0.2, 0.25) is 10.0 Å². The van der Waals surface area contributed by atoms with Crippen LogP contribution in [0.5, 0.6) is 0 Å². The van der Waals surface area contributed by atoms with Crippen molar-refractivity contribution in [3.63, 3.8) is 0 Å². The molecule has 0 saturated heterocycles. The normalized spacial score (nSPS) is 11.3. The number of rotatable bonds is 10. The SMILES string of the molecule is CCN(CC)S(=O)(=O)c1ccc(Cl)c(C(=O)OCC(=O)NCCc2ccccc2)c1. The molecule has 1 N–H and O–H groups in total. The van der Waals surface area contributed by atoms with Crippen molar-refractivity contribution in [3.8, 4) is 0 Å². The number of nitrogens with one attached hydrogen (secondary N) is 1. The summed E-state index contributed by atoms with van der Waals surface area (Å²) in [6.07, 6.45) is 0.650. The number of esters is 1. The van der Waals surface area contributed by atoms with Crippen LogP contribution in [0.15, 0.2) is 53.4 Å². The number of nitrogens with zero attached hydrogens (tertiary/aromatic N) is 1. The van der Waals surface area contributed by atoms with Gasteiger partial charge >= 0.3 is 5.97 Å². The number of carbonyl (C=O) groups excluding carboxylic acids is 2. The summed E-state index contributed by atoms with van der Waals surface area (Å²) >= 11 is 6.05. The van der Waals surface area contributed by atoms with Gasteiger partial charge in [-0.2, -0.15) is 4.31 Å². The molecule has 2 aromatic carbocycles. The standard InChI is InChI=1S/C21H25ClN2O5S/c1-3-24(4-2)30(27,28)17-10-11-19(22)18(14-17)21(26)29-15-20(25)23-13-12-16-8-6-5-7-9-16/h5-11,14H,3-4,12-13,15H2,1-2H3,(H,23,25). The highest BCUT2D eigenvalue weighted by Gasteiger charge is 2.24. The van der Waals surface area contributed by atoms with E-state index in [0.29, 0.717) is 26.1 Å².